The number of halogens is 1. The molecular formula is C22H23ClN2. The van der Waals surface area contributed by atoms with Crippen LogP contribution in [0.4, 0.5) is 5.69 Å². The molecule has 0 aliphatic carbocycles. The highest BCUT2D eigenvalue weighted by molar-refractivity contribution is 6.31. The van der Waals surface area contributed by atoms with Crippen LogP contribution in [0.25, 0.3) is 22.0 Å². The molecule has 0 radical (unpaired) electrons. The van der Waals surface area contributed by atoms with Crippen LogP contribution in [0.5, 0.6) is 0 Å². The Kier molecular flexibility index (Phi) is 4.39. The number of fused-ring (bicyclic) bond motifs is 1. The molecule has 2 heterocycles. The van der Waals surface area contributed by atoms with Gasteiger partial charge in [-0.15, -0.1) is 0 Å². The summed E-state index contributed by atoms with van der Waals surface area (Å²) in [4.78, 5) is 7.26. The van der Waals surface area contributed by atoms with Gasteiger partial charge in [-0.2, -0.15) is 0 Å². The van der Waals surface area contributed by atoms with Gasteiger partial charge in [-0.3, -0.25) is 4.98 Å². The number of piperidine rings is 1. The van der Waals surface area contributed by atoms with E-state index in [1.54, 1.807) is 0 Å². The number of benzene rings is 2. The molecule has 0 bridgehead atoms. The molecule has 0 spiro atoms. The minimum absolute atomic E-state index is 0.740. The first-order valence-electron chi connectivity index (χ1n) is 9.04. The van der Waals surface area contributed by atoms with Gasteiger partial charge in [0, 0.05) is 35.3 Å². The smallest absolute Gasteiger partial charge is 0.0738 e. The fraction of sp³-hybridized carbons (Fsp3) is 0.318. The van der Waals surface area contributed by atoms with Crippen LogP contribution < -0.4 is 4.90 Å². The van der Waals surface area contributed by atoms with Gasteiger partial charge in [0.15, 0.2) is 0 Å². The summed E-state index contributed by atoms with van der Waals surface area (Å²) in [5, 5.41) is 1.94. The quantitative estimate of drug-likeness (QED) is 0.550. The minimum Gasteiger partial charge on any atom is -0.370 e. The number of anilines is 1. The predicted molar refractivity (Wildman–Crippen MR) is 108 cm³/mol. The molecule has 0 N–H and O–H groups in total. The second-order valence-corrected chi connectivity index (χ2v) is 7.54. The lowest BCUT2D eigenvalue weighted by atomic mass is 9.97. The standard InChI is InChI=1S/C22H23ClN2/c1-15-10-16(2)12-17(11-15)20-14-24-21-13-18(23)6-7-19(21)22(20)25-8-4-3-5-9-25/h6-7,10-14H,3-5,8-9H2,1-2H3. The molecule has 1 saturated heterocycles. The van der Waals surface area contributed by atoms with Crippen LogP contribution >= 0.6 is 11.6 Å². The van der Waals surface area contributed by atoms with Crippen molar-refractivity contribution in [2.45, 2.75) is 33.1 Å². The number of hydrogen-bond acceptors (Lipinski definition) is 2. The monoisotopic (exact) mass is 350 g/mol. The summed E-state index contributed by atoms with van der Waals surface area (Å²) in [7, 11) is 0. The van der Waals surface area contributed by atoms with Crippen molar-refractivity contribution in [2.24, 2.45) is 0 Å². The number of nitrogens with zero attached hydrogens (tertiary/aromatic N) is 2. The van der Waals surface area contributed by atoms with Crippen molar-refractivity contribution in [3.8, 4) is 11.1 Å². The van der Waals surface area contributed by atoms with E-state index in [0.717, 1.165) is 23.6 Å². The Bertz CT molecular complexity index is 906. The molecule has 0 saturated carbocycles. The molecule has 1 aliphatic heterocycles. The Labute approximate surface area is 154 Å². The third-order valence-electron chi connectivity index (χ3n) is 5.01. The molecule has 1 aliphatic rings. The lowest BCUT2D eigenvalue weighted by Gasteiger charge is -2.32. The van der Waals surface area contributed by atoms with E-state index in [1.807, 2.05) is 18.3 Å². The average molecular weight is 351 g/mol. The molecule has 0 unspecified atom stereocenters. The average Bonchev–Trinajstić information content (AvgIpc) is 2.60. The summed E-state index contributed by atoms with van der Waals surface area (Å²) >= 11 is 6.20. The van der Waals surface area contributed by atoms with Crippen molar-refractivity contribution in [1.29, 1.82) is 0 Å². The Morgan fingerprint density at radius 1 is 0.920 bits per heavy atom. The first-order chi connectivity index (χ1) is 12.1. The largest absolute Gasteiger partial charge is 0.370 e. The Hall–Kier alpha value is -2.06. The fourth-order valence-corrected chi connectivity index (χ4v) is 4.12. The minimum atomic E-state index is 0.740. The van der Waals surface area contributed by atoms with E-state index in [0.29, 0.717) is 0 Å². The van der Waals surface area contributed by atoms with Gasteiger partial charge >= 0.3 is 0 Å². The first-order valence-corrected chi connectivity index (χ1v) is 9.41. The van der Waals surface area contributed by atoms with Crippen LogP contribution in [0.3, 0.4) is 0 Å². The molecule has 3 aromatic rings. The zero-order valence-electron chi connectivity index (χ0n) is 14.8. The molecule has 1 aromatic heterocycles. The summed E-state index contributed by atoms with van der Waals surface area (Å²) < 4.78 is 0. The van der Waals surface area contributed by atoms with Crippen molar-refractivity contribution in [2.75, 3.05) is 18.0 Å². The van der Waals surface area contributed by atoms with Gasteiger partial charge in [0.2, 0.25) is 0 Å². The van der Waals surface area contributed by atoms with Crippen molar-refractivity contribution in [3.63, 3.8) is 0 Å². The molecule has 2 nitrogen and oxygen atoms in total. The van der Waals surface area contributed by atoms with E-state index < -0.39 is 0 Å². The Morgan fingerprint density at radius 3 is 2.36 bits per heavy atom. The lowest BCUT2D eigenvalue weighted by Crippen LogP contribution is -2.30. The predicted octanol–water partition coefficient (Wildman–Crippen LogP) is 6.16. The normalized spacial score (nSPS) is 14.9. The van der Waals surface area contributed by atoms with Gasteiger partial charge in [-0.05, 0) is 56.9 Å². The highest BCUT2D eigenvalue weighted by Crippen LogP contribution is 2.39. The molecule has 3 heteroatoms. The van der Waals surface area contributed by atoms with E-state index in [9.17, 15) is 0 Å². The van der Waals surface area contributed by atoms with Crippen LogP contribution in [0.2, 0.25) is 5.02 Å². The summed E-state index contributed by atoms with van der Waals surface area (Å²) in [6.07, 6.45) is 5.86. The van der Waals surface area contributed by atoms with Crippen LogP contribution in [0.1, 0.15) is 30.4 Å². The van der Waals surface area contributed by atoms with Crippen LogP contribution in [0, 0.1) is 13.8 Å². The second kappa shape index (κ2) is 6.68. The maximum atomic E-state index is 6.20. The van der Waals surface area contributed by atoms with Crippen LogP contribution in [-0.2, 0) is 0 Å². The molecule has 128 valence electrons. The summed E-state index contributed by atoms with van der Waals surface area (Å²) in [5.74, 6) is 0. The molecular weight excluding hydrogens is 328 g/mol. The van der Waals surface area contributed by atoms with Gasteiger partial charge in [0.05, 0.1) is 11.2 Å². The summed E-state index contributed by atoms with van der Waals surface area (Å²) in [5.41, 5.74) is 7.34. The van der Waals surface area contributed by atoms with Crippen molar-refractivity contribution in [1.82, 2.24) is 4.98 Å². The summed E-state index contributed by atoms with van der Waals surface area (Å²) in [6.45, 7) is 6.54. The number of hydrogen-bond donors (Lipinski definition) is 0. The fourth-order valence-electron chi connectivity index (χ4n) is 3.95. The first kappa shape index (κ1) is 16.4. The van der Waals surface area contributed by atoms with Gasteiger partial charge < -0.3 is 4.90 Å². The highest BCUT2D eigenvalue weighted by Gasteiger charge is 2.19. The van der Waals surface area contributed by atoms with E-state index in [4.69, 9.17) is 16.6 Å². The van der Waals surface area contributed by atoms with E-state index in [-0.39, 0.29) is 0 Å². The third-order valence-corrected chi connectivity index (χ3v) is 5.24. The van der Waals surface area contributed by atoms with Crippen molar-refractivity contribution >= 4 is 28.2 Å². The molecule has 4 rings (SSSR count). The van der Waals surface area contributed by atoms with Gasteiger partial charge in [-0.1, -0.05) is 40.9 Å². The number of aryl methyl sites for hydroxylation is 2. The molecule has 0 atom stereocenters. The maximum absolute atomic E-state index is 6.20. The van der Waals surface area contributed by atoms with Crippen molar-refractivity contribution < 1.29 is 0 Å². The van der Waals surface area contributed by atoms with Gasteiger partial charge in [0.1, 0.15) is 0 Å². The topological polar surface area (TPSA) is 16.1 Å². The lowest BCUT2D eigenvalue weighted by molar-refractivity contribution is 0.579. The highest BCUT2D eigenvalue weighted by atomic mass is 35.5. The summed E-state index contributed by atoms with van der Waals surface area (Å²) in [6, 6.07) is 12.8. The number of aromatic nitrogens is 1. The van der Waals surface area contributed by atoms with Crippen LogP contribution in [-0.4, -0.2) is 18.1 Å². The third kappa shape index (κ3) is 3.23. The Balaban J connectivity index is 1.97. The number of rotatable bonds is 2. The van der Waals surface area contributed by atoms with Gasteiger partial charge in [-0.25, -0.2) is 0 Å². The van der Waals surface area contributed by atoms with Crippen LogP contribution in [0.15, 0.2) is 42.6 Å². The van der Waals surface area contributed by atoms with Gasteiger partial charge in [0.25, 0.3) is 0 Å². The number of pyridine rings is 1. The van der Waals surface area contributed by atoms with E-state index in [2.05, 4.69) is 43.0 Å². The van der Waals surface area contributed by atoms with Crippen molar-refractivity contribution in [3.05, 3.63) is 58.7 Å². The molecule has 25 heavy (non-hydrogen) atoms. The maximum Gasteiger partial charge on any atom is 0.0738 e. The zero-order valence-corrected chi connectivity index (χ0v) is 15.6. The molecule has 2 aromatic carbocycles. The Morgan fingerprint density at radius 2 is 1.64 bits per heavy atom. The zero-order chi connectivity index (χ0) is 17.4. The molecule has 1 fully saturated rings. The molecule has 0 amide bonds. The second-order valence-electron chi connectivity index (χ2n) is 7.11. The van der Waals surface area contributed by atoms with E-state index in [1.165, 1.54) is 52.6 Å². The van der Waals surface area contributed by atoms with E-state index >= 15 is 0 Å². The SMILES string of the molecule is Cc1cc(C)cc(-c2cnc3cc(Cl)ccc3c2N2CCCCC2)c1.